The maximum atomic E-state index is 12.0. The summed E-state index contributed by atoms with van der Waals surface area (Å²) in [7, 11) is 0. The van der Waals surface area contributed by atoms with Gasteiger partial charge in [-0.25, -0.2) is 0 Å². The van der Waals surface area contributed by atoms with E-state index in [1.165, 1.54) is 6.07 Å². The third kappa shape index (κ3) is 3.69. The minimum absolute atomic E-state index is 0.0418. The molecule has 1 aromatic carbocycles. The van der Waals surface area contributed by atoms with Crippen LogP contribution in [-0.2, 0) is 6.54 Å². The van der Waals surface area contributed by atoms with Crippen LogP contribution in [0, 0.1) is 24.0 Å². The number of hydrogen-bond donors (Lipinski definition) is 1. The molecule has 0 aliphatic rings. The highest BCUT2D eigenvalue weighted by Gasteiger charge is 2.14. The first-order valence-corrected chi connectivity index (χ1v) is 7.00. The third-order valence-corrected chi connectivity index (χ3v) is 3.43. The number of nitrogens with one attached hydrogen (secondary N) is 1. The number of rotatable bonds is 6. The molecule has 1 amide bonds. The fourth-order valence-corrected chi connectivity index (χ4v) is 2.11. The Hall–Kier alpha value is -2.70. The predicted molar refractivity (Wildman–Crippen MR) is 81.7 cm³/mol. The van der Waals surface area contributed by atoms with Crippen LogP contribution >= 0.6 is 0 Å². The minimum Gasteiger partial charge on any atom is -0.352 e. The van der Waals surface area contributed by atoms with Crippen molar-refractivity contribution in [3.8, 4) is 0 Å². The summed E-state index contributed by atoms with van der Waals surface area (Å²) < 4.78 is 1.86. The van der Waals surface area contributed by atoms with Crippen molar-refractivity contribution in [2.24, 2.45) is 0 Å². The molecule has 2 rings (SSSR count). The molecule has 0 bridgehead atoms. The summed E-state index contributed by atoms with van der Waals surface area (Å²) in [5, 5.41) is 17.8. The second kappa shape index (κ2) is 6.84. The Morgan fingerprint density at radius 1 is 1.36 bits per heavy atom. The minimum atomic E-state index is -0.480. The highest BCUT2D eigenvalue weighted by molar-refractivity contribution is 5.94. The molecule has 0 atom stereocenters. The molecule has 7 nitrogen and oxygen atoms in total. The molecule has 22 heavy (non-hydrogen) atoms. The summed E-state index contributed by atoms with van der Waals surface area (Å²) >= 11 is 0. The Bertz CT molecular complexity index is 694. The number of aromatic nitrogens is 2. The SMILES string of the molecule is Cc1ccc(C(=O)NCCCn2nccc2C)cc1[N+](=O)[O-]. The molecule has 0 spiro atoms. The lowest BCUT2D eigenvalue weighted by Gasteiger charge is -2.07. The standard InChI is InChI=1S/C15H18N4O3/c1-11-4-5-13(10-14(11)19(21)22)15(20)16-7-3-9-18-12(2)6-8-17-18/h4-6,8,10H,3,7,9H2,1-2H3,(H,16,20). The van der Waals surface area contributed by atoms with Crippen molar-refractivity contribution in [1.29, 1.82) is 0 Å². The average Bonchev–Trinajstić information content (AvgIpc) is 2.89. The lowest BCUT2D eigenvalue weighted by atomic mass is 10.1. The van der Waals surface area contributed by atoms with Crippen LogP contribution in [0.3, 0.4) is 0 Å². The maximum absolute atomic E-state index is 12.0. The van der Waals surface area contributed by atoms with Gasteiger partial charge in [0.25, 0.3) is 11.6 Å². The van der Waals surface area contributed by atoms with Crippen LogP contribution < -0.4 is 5.32 Å². The van der Waals surface area contributed by atoms with E-state index in [9.17, 15) is 14.9 Å². The van der Waals surface area contributed by atoms with Crippen molar-refractivity contribution in [2.45, 2.75) is 26.8 Å². The number of nitro benzene ring substituents is 1. The van der Waals surface area contributed by atoms with Crippen LogP contribution in [-0.4, -0.2) is 27.2 Å². The Morgan fingerprint density at radius 3 is 2.77 bits per heavy atom. The van der Waals surface area contributed by atoms with Crippen molar-refractivity contribution in [2.75, 3.05) is 6.54 Å². The van der Waals surface area contributed by atoms with Gasteiger partial charge in [-0.05, 0) is 32.4 Å². The first-order valence-electron chi connectivity index (χ1n) is 7.00. The highest BCUT2D eigenvalue weighted by atomic mass is 16.6. The largest absolute Gasteiger partial charge is 0.352 e. The van der Waals surface area contributed by atoms with Gasteiger partial charge in [0.1, 0.15) is 0 Å². The van der Waals surface area contributed by atoms with E-state index < -0.39 is 4.92 Å². The van der Waals surface area contributed by atoms with Gasteiger partial charge in [-0.3, -0.25) is 19.6 Å². The molecule has 0 saturated heterocycles. The van der Waals surface area contributed by atoms with Gasteiger partial charge in [0.15, 0.2) is 0 Å². The highest BCUT2D eigenvalue weighted by Crippen LogP contribution is 2.19. The summed E-state index contributed by atoms with van der Waals surface area (Å²) in [4.78, 5) is 22.4. The van der Waals surface area contributed by atoms with Gasteiger partial charge in [0, 0.05) is 42.2 Å². The van der Waals surface area contributed by atoms with Gasteiger partial charge >= 0.3 is 0 Å². The number of hydrogen-bond acceptors (Lipinski definition) is 4. The number of amides is 1. The van der Waals surface area contributed by atoms with E-state index >= 15 is 0 Å². The number of nitrogens with zero attached hydrogens (tertiary/aromatic N) is 3. The smallest absolute Gasteiger partial charge is 0.273 e. The van der Waals surface area contributed by atoms with Crippen LogP contribution in [0.1, 0.15) is 28.0 Å². The van der Waals surface area contributed by atoms with Crippen molar-refractivity contribution >= 4 is 11.6 Å². The van der Waals surface area contributed by atoms with Crippen molar-refractivity contribution in [1.82, 2.24) is 15.1 Å². The summed E-state index contributed by atoms with van der Waals surface area (Å²) in [6.45, 7) is 4.82. The summed E-state index contributed by atoms with van der Waals surface area (Å²) in [6.07, 6.45) is 2.47. The first kappa shape index (κ1) is 15.7. The second-order valence-electron chi connectivity index (χ2n) is 5.06. The lowest BCUT2D eigenvalue weighted by molar-refractivity contribution is -0.385. The van der Waals surface area contributed by atoms with E-state index in [2.05, 4.69) is 10.4 Å². The van der Waals surface area contributed by atoms with Gasteiger partial charge in [0.05, 0.1) is 4.92 Å². The second-order valence-corrected chi connectivity index (χ2v) is 5.06. The molecule has 1 N–H and O–H groups in total. The van der Waals surface area contributed by atoms with E-state index in [-0.39, 0.29) is 11.6 Å². The fourth-order valence-electron chi connectivity index (χ4n) is 2.11. The van der Waals surface area contributed by atoms with Gasteiger partial charge in [-0.1, -0.05) is 6.07 Å². The van der Waals surface area contributed by atoms with E-state index in [0.717, 1.165) is 12.1 Å². The van der Waals surface area contributed by atoms with Crippen LogP contribution in [0.15, 0.2) is 30.5 Å². The van der Waals surface area contributed by atoms with E-state index in [0.29, 0.717) is 24.2 Å². The Morgan fingerprint density at radius 2 is 2.14 bits per heavy atom. The molecule has 116 valence electrons. The number of aryl methyl sites for hydroxylation is 3. The summed E-state index contributed by atoms with van der Waals surface area (Å²) in [5.74, 6) is -0.305. The molecular formula is C15H18N4O3. The Balaban J connectivity index is 1.88. The molecule has 0 aliphatic carbocycles. The predicted octanol–water partition coefficient (Wildman–Crippen LogP) is 2.23. The van der Waals surface area contributed by atoms with Gasteiger partial charge < -0.3 is 5.32 Å². The quantitative estimate of drug-likeness (QED) is 0.503. The summed E-state index contributed by atoms with van der Waals surface area (Å²) in [6, 6.07) is 6.40. The molecular weight excluding hydrogens is 284 g/mol. The average molecular weight is 302 g/mol. The lowest BCUT2D eigenvalue weighted by Crippen LogP contribution is -2.25. The fraction of sp³-hybridized carbons (Fsp3) is 0.333. The Labute approximate surface area is 128 Å². The summed E-state index contributed by atoms with van der Waals surface area (Å²) in [5.41, 5.74) is 1.86. The van der Waals surface area contributed by atoms with Gasteiger partial charge in [-0.2, -0.15) is 5.10 Å². The van der Waals surface area contributed by atoms with Gasteiger partial charge in [-0.15, -0.1) is 0 Å². The zero-order valence-electron chi connectivity index (χ0n) is 12.6. The molecule has 0 fully saturated rings. The molecule has 2 aromatic rings. The topological polar surface area (TPSA) is 90.1 Å². The number of nitro groups is 1. The normalized spacial score (nSPS) is 10.5. The van der Waals surface area contributed by atoms with Gasteiger partial charge in [0.2, 0.25) is 0 Å². The molecule has 0 aliphatic heterocycles. The van der Waals surface area contributed by atoms with Crippen LogP contribution in [0.5, 0.6) is 0 Å². The molecule has 0 unspecified atom stereocenters. The van der Waals surface area contributed by atoms with Crippen molar-refractivity contribution in [3.63, 3.8) is 0 Å². The zero-order valence-corrected chi connectivity index (χ0v) is 12.6. The molecule has 1 heterocycles. The Kier molecular flexibility index (Phi) is 4.88. The van der Waals surface area contributed by atoms with E-state index in [1.807, 2.05) is 17.7 Å². The molecule has 0 saturated carbocycles. The van der Waals surface area contributed by atoms with E-state index in [1.54, 1.807) is 25.3 Å². The third-order valence-electron chi connectivity index (χ3n) is 3.43. The van der Waals surface area contributed by atoms with Crippen LogP contribution in [0.4, 0.5) is 5.69 Å². The van der Waals surface area contributed by atoms with Crippen LogP contribution in [0.25, 0.3) is 0 Å². The number of benzene rings is 1. The van der Waals surface area contributed by atoms with Crippen LogP contribution in [0.2, 0.25) is 0 Å². The van der Waals surface area contributed by atoms with Crippen molar-refractivity contribution in [3.05, 3.63) is 57.4 Å². The first-order chi connectivity index (χ1) is 10.5. The monoisotopic (exact) mass is 302 g/mol. The number of carbonyl (C=O) groups is 1. The maximum Gasteiger partial charge on any atom is 0.273 e. The molecule has 0 radical (unpaired) electrons. The molecule has 1 aromatic heterocycles. The van der Waals surface area contributed by atoms with Crippen molar-refractivity contribution < 1.29 is 9.72 Å². The molecule has 7 heteroatoms. The zero-order chi connectivity index (χ0) is 16.1. The van der Waals surface area contributed by atoms with E-state index in [4.69, 9.17) is 0 Å². The number of carbonyl (C=O) groups excluding carboxylic acids is 1.